The average molecular weight is 208 g/mol. The molecule has 0 spiro atoms. The molecule has 15 heavy (non-hydrogen) atoms. The summed E-state index contributed by atoms with van der Waals surface area (Å²) in [5.74, 6) is -0.502. The summed E-state index contributed by atoms with van der Waals surface area (Å²) in [6.07, 6.45) is -1.09. The summed E-state index contributed by atoms with van der Waals surface area (Å²) in [6.45, 7) is 5.40. The van der Waals surface area contributed by atoms with Gasteiger partial charge in [0.15, 0.2) is 0 Å². The van der Waals surface area contributed by atoms with E-state index in [0.717, 1.165) is 0 Å². The maximum Gasteiger partial charge on any atom is 0.340 e. The van der Waals surface area contributed by atoms with Crippen molar-refractivity contribution in [3.8, 4) is 0 Å². The van der Waals surface area contributed by atoms with E-state index in [4.69, 9.17) is 4.74 Å². The number of aliphatic hydroxyl groups excluding tert-OH is 1. The molecule has 0 bridgehead atoms. The second-order valence-corrected chi connectivity index (χ2v) is 4.49. The zero-order valence-corrected chi connectivity index (χ0v) is 9.23. The average Bonchev–Trinajstić information content (AvgIpc) is 2.17. The highest BCUT2D eigenvalue weighted by Crippen LogP contribution is 2.20. The third-order valence-electron chi connectivity index (χ3n) is 1.97. The Morgan fingerprint density at radius 1 is 1.27 bits per heavy atom. The molecule has 1 atom stereocenters. The van der Waals surface area contributed by atoms with E-state index in [9.17, 15) is 9.90 Å². The van der Waals surface area contributed by atoms with Gasteiger partial charge < -0.3 is 9.84 Å². The van der Waals surface area contributed by atoms with E-state index in [1.54, 1.807) is 45.0 Å². The molecule has 1 unspecified atom stereocenters. The van der Waals surface area contributed by atoms with Crippen LogP contribution in [0.1, 0.15) is 31.1 Å². The molecule has 1 N–H and O–H groups in total. The summed E-state index contributed by atoms with van der Waals surface area (Å²) in [4.78, 5) is 11.5. The second-order valence-electron chi connectivity index (χ2n) is 4.49. The number of aliphatic hydroxyl groups is 1. The summed E-state index contributed by atoms with van der Waals surface area (Å²) >= 11 is 0. The van der Waals surface area contributed by atoms with Crippen molar-refractivity contribution in [2.45, 2.75) is 27.1 Å². The highest BCUT2D eigenvalue weighted by atomic mass is 16.6. The Bertz CT molecular complexity index is 324. The van der Waals surface area contributed by atoms with Crippen molar-refractivity contribution in [2.75, 3.05) is 0 Å². The number of ether oxygens (including phenoxy) is 1. The first-order chi connectivity index (χ1) is 6.91. The standard InChI is InChI=1S/C12H16O3/c1-12(2,3)11(14)15-10(13)9-7-5-4-6-8-9/h4-8,11,14H,1-3H3. The van der Waals surface area contributed by atoms with Crippen LogP contribution in [0.3, 0.4) is 0 Å². The largest absolute Gasteiger partial charge is 0.432 e. The Kier molecular flexibility index (Phi) is 3.48. The number of carbonyl (C=O) groups excluding carboxylic acids is 1. The van der Waals surface area contributed by atoms with Crippen LogP contribution in [0.25, 0.3) is 0 Å². The van der Waals surface area contributed by atoms with Crippen LogP contribution < -0.4 is 0 Å². The van der Waals surface area contributed by atoms with Crippen LogP contribution in [-0.2, 0) is 4.74 Å². The maximum atomic E-state index is 11.5. The summed E-state index contributed by atoms with van der Waals surface area (Å²) in [7, 11) is 0. The van der Waals surface area contributed by atoms with Gasteiger partial charge in [0.05, 0.1) is 5.56 Å². The lowest BCUT2D eigenvalue weighted by Crippen LogP contribution is -2.31. The lowest BCUT2D eigenvalue weighted by molar-refractivity contribution is -0.123. The molecule has 82 valence electrons. The third kappa shape index (κ3) is 3.36. The minimum Gasteiger partial charge on any atom is -0.432 e. The van der Waals surface area contributed by atoms with Gasteiger partial charge in [-0.25, -0.2) is 4.79 Å². The SMILES string of the molecule is CC(C)(C)C(O)OC(=O)c1ccccc1. The van der Waals surface area contributed by atoms with Crippen LogP contribution in [0.5, 0.6) is 0 Å². The van der Waals surface area contributed by atoms with Crippen LogP contribution >= 0.6 is 0 Å². The maximum absolute atomic E-state index is 11.5. The van der Waals surface area contributed by atoms with Gasteiger partial charge >= 0.3 is 5.97 Å². The molecule has 0 aliphatic heterocycles. The predicted molar refractivity (Wildman–Crippen MR) is 57.3 cm³/mol. The molecule has 0 heterocycles. The Morgan fingerprint density at radius 2 is 1.80 bits per heavy atom. The first kappa shape index (κ1) is 11.7. The van der Waals surface area contributed by atoms with Crippen LogP contribution in [0.2, 0.25) is 0 Å². The summed E-state index contributed by atoms with van der Waals surface area (Å²) in [5, 5.41) is 9.57. The smallest absolute Gasteiger partial charge is 0.340 e. The number of hydrogen-bond donors (Lipinski definition) is 1. The summed E-state index contributed by atoms with van der Waals surface area (Å²) in [5.41, 5.74) is -0.0226. The number of hydrogen-bond acceptors (Lipinski definition) is 3. The number of carbonyl (C=O) groups is 1. The van der Waals surface area contributed by atoms with E-state index >= 15 is 0 Å². The molecule has 0 fully saturated rings. The second kappa shape index (κ2) is 4.45. The molecule has 3 nitrogen and oxygen atoms in total. The zero-order valence-electron chi connectivity index (χ0n) is 9.23. The summed E-state index contributed by atoms with van der Waals surface area (Å²) in [6, 6.07) is 8.62. The predicted octanol–water partition coefficient (Wildman–Crippen LogP) is 2.21. The van der Waals surface area contributed by atoms with Gasteiger partial charge in [0, 0.05) is 5.41 Å². The fourth-order valence-electron chi connectivity index (χ4n) is 0.920. The Labute approximate surface area is 89.7 Å². The van der Waals surface area contributed by atoms with E-state index in [1.165, 1.54) is 0 Å². The van der Waals surface area contributed by atoms with Gasteiger partial charge in [-0.3, -0.25) is 0 Å². The molecule has 1 aromatic carbocycles. The first-order valence-corrected chi connectivity index (χ1v) is 4.85. The van der Waals surface area contributed by atoms with Crippen LogP contribution in [0.4, 0.5) is 0 Å². The molecule has 0 radical (unpaired) electrons. The van der Waals surface area contributed by atoms with Crippen molar-refractivity contribution in [3.05, 3.63) is 35.9 Å². The van der Waals surface area contributed by atoms with Gasteiger partial charge in [0.25, 0.3) is 0 Å². The zero-order chi connectivity index (χ0) is 11.5. The quantitative estimate of drug-likeness (QED) is 0.598. The van der Waals surface area contributed by atoms with Crippen molar-refractivity contribution in [1.82, 2.24) is 0 Å². The molecule has 0 saturated carbocycles. The highest BCUT2D eigenvalue weighted by molar-refractivity contribution is 5.89. The molecule has 0 aromatic heterocycles. The highest BCUT2D eigenvalue weighted by Gasteiger charge is 2.26. The third-order valence-corrected chi connectivity index (χ3v) is 1.97. The minimum atomic E-state index is -1.09. The van der Waals surface area contributed by atoms with Gasteiger partial charge in [-0.2, -0.15) is 0 Å². The van der Waals surface area contributed by atoms with Gasteiger partial charge in [-0.15, -0.1) is 0 Å². The fourth-order valence-corrected chi connectivity index (χ4v) is 0.920. The number of benzene rings is 1. The van der Waals surface area contributed by atoms with Gasteiger partial charge in [-0.1, -0.05) is 39.0 Å². The summed E-state index contributed by atoms with van der Waals surface area (Å²) < 4.78 is 4.92. The van der Waals surface area contributed by atoms with Crippen molar-refractivity contribution in [3.63, 3.8) is 0 Å². The molecule has 0 saturated heterocycles. The van der Waals surface area contributed by atoms with Crippen LogP contribution in [0, 0.1) is 5.41 Å². The van der Waals surface area contributed by atoms with Crippen LogP contribution in [-0.4, -0.2) is 17.4 Å². The lowest BCUT2D eigenvalue weighted by atomic mass is 9.96. The van der Waals surface area contributed by atoms with E-state index < -0.39 is 17.7 Å². The molecule has 0 aliphatic carbocycles. The number of rotatable bonds is 2. The van der Waals surface area contributed by atoms with Crippen molar-refractivity contribution < 1.29 is 14.6 Å². The van der Waals surface area contributed by atoms with Gasteiger partial charge in [0.1, 0.15) is 0 Å². The van der Waals surface area contributed by atoms with E-state index in [-0.39, 0.29) is 0 Å². The number of esters is 1. The molecule has 0 aliphatic rings. The van der Waals surface area contributed by atoms with E-state index in [0.29, 0.717) is 5.56 Å². The van der Waals surface area contributed by atoms with Crippen LogP contribution in [0.15, 0.2) is 30.3 Å². The topological polar surface area (TPSA) is 46.5 Å². The Hall–Kier alpha value is -1.35. The van der Waals surface area contributed by atoms with Crippen molar-refractivity contribution >= 4 is 5.97 Å². The van der Waals surface area contributed by atoms with E-state index in [1.807, 2.05) is 6.07 Å². The Morgan fingerprint density at radius 3 is 2.27 bits per heavy atom. The molecule has 3 heteroatoms. The van der Waals surface area contributed by atoms with E-state index in [2.05, 4.69) is 0 Å². The molecule has 1 aromatic rings. The van der Waals surface area contributed by atoms with Crippen molar-refractivity contribution in [1.29, 1.82) is 0 Å². The Balaban J connectivity index is 2.65. The lowest BCUT2D eigenvalue weighted by Gasteiger charge is -2.25. The van der Waals surface area contributed by atoms with Crippen molar-refractivity contribution in [2.24, 2.45) is 5.41 Å². The molecule has 0 amide bonds. The minimum absolute atomic E-state index is 0.445. The molecular weight excluding hydrogens is 192 g/mol. The van der Waals surface area contributed by atoms with Gasteiger partial charge in [-0.05, 0) is 12.1 Å². The molecular formula is C12H16O3. The normalized spacial score (nSPS) is 13.3. The van der Waals surface area contributed by atoms with Gasteiger partial charge in [0.2, 0.25) is 6.29 Å². The molecule has 1 rings (SSSR count). The first-order valence-electron chi connectivity index (χ1n) is 4.85. The monoisotopic (exact) mass is 208 g/mol. The fraction of sp³-hybridized carbons (Fsp3) is 0.417.